The Morgan fingerprint density at radius 2 is 1.52 bits per heavy atom. The summed E-state index contributed by atoms with van der Waals surface area (Å²) in [5.74, 6) is -1.15. The average Bonchev–Trinajstić information content (AvgIpc) is 3.07. The number of benzene rings is 3. The summed E-state index contributed by atoms with van der Waals surface area (Å²) in [5.41, 5.74) is 3.37. The molecule has 1 fully saturated rings. The highest BCUT2D eigenvalue weighted by Gasteiger charge is 2.62. The molecule has 0 radical (unpaired) electrons. The minimum absolute atomic E-state index is 0.00874. The maximum absolute atomic E-state index is 13.3. The Bertz CT molecular complexity index is 989. The summed E-state index contributed by atoms with van der Waals surface area (Å²) in [5, 5.41) is 0. The predicted octanol–water partition coefficient (Wildman–Crippen LogP) is 4.29. The minimum Gasteiger partial charge on any atom is -0.332 e. The summed E-state index contributed by atoms with van der Waals surface area (Å²) in [4.78, 5) is 15.4. The van der Waals surface area contributed by atoms with E-state index in [4.69, 9.17) is 9.47 Å². The summed E-state index contributed by atoms with van der Waals surface area (Å²) in [6, 6.07) is 27.3. The predicted molar refractivity (Wildman–Crippen MR) is 102 cm³/mol. The smallest absolute Gasteiger partial charge is 0.282 e. The lowest BCUT2D eigenvalue weighted by Gasteiger charge is -2.40. The Balaban J connectivity index is 1.80. The van der Waals surface area contributed by atoms with Gasteiger partial charge in [-0.25, -0.2) is 0 Å². The van der Waals surface area contributed by atoms with Crippen molar-refractivity contribution < 1.29 is 14.3 Å². The quantitative estimate of drug-likeness (QED) is 0.701. The van der Waals surface area contributed by atoms with Crippen molar-refractivity contribution in [1.82, 2.24) is 0 Å². The molecule has 3 aromatic rings. The lowest BCUT2D eigenvalue weighted by molar-refractivity contribution is -0.215. The first-order valence-electron chi connectivity index (χ1n) is 9.02. The van der Waals surface area contributed by atoms with Gasteiger partial charge in [0.1, 0.15) is 0 Å². The fourth-order valence-electron chi connectivity index (χ4n) is 4.28. The van der Waals surface area contributed by atoms with Crippen molar-refractivity contribution >= 4 is 11.5 Å². The van der Waals surface area contributed by atoms with E-state index in [0.717, 1.165) is 16.8 Å². The van der Waals surface area contributed by atoms with Crippen LogP contribution in [0.3, 0.4) is 0 Å². The van der Waals surface area contributed by atoms with Gasteiger partial charge >= 0.3 is 0 Å². The van der Waals surface area contributed by atoms with Gasteiger partial charge in [-0.3, -0.25) is 4.79 Å². The molecule has 0 unspecified atom stereocenters. The second kappa shape index (κ2) is 6.05. The van der Waals surface area contributed by atoms with Gasteiger partial charge in [-0.05, 0) is 17.7 Å². The molecule has 0 spiro atoms. The Hall–Kier alpha value is -2.95. The van der Waals surface area contributed by atoms with Gasteiger partial charge in [-0.1, -0.05) is 72.8 Å². The lowest BCUT2D eigenvalue weighted by atomic mass is 9.93. The van der Waals surface area contributed by atoms with Crippen molar-refractivity contribution in [2.75, 3.05) is 12.0 Å². The fourth-order valence-corrected chi connectivity index (χ4v) is 4.28. The van der Waals surface area contributed by atoms with E-state index < -0.39 is 12.0 Å². The number of ketones is 1. The van der Waals surface area contributed by atoms with E-state index in [0.29, 0.717) is 5.56 Å². The Morgan fingerprint density at radius 1 is 0.889 bits per heavy atom. The molecule has 2 bridgehead atoms. The number of hydrogen-bond acceptors (Lipinski definition) is 4. The number of ether oxygens (including phenoxy) is 2. The van der Waals surface area contributed by atoms with Crippen molar-refractivity contribution in [3.8, 4) is 0 Å². The normalized spacial score (nSPS) is 26.1. The molecule has 0 aromatic heterocycles. The number of fused-ring (bicyclic) bond motifs is 4. The zero-order valence-corrected chi connectivity index (χ0v) is 14.9. The van der Waals surface area contributed by atoms with Crippen molar-refractivity contribution in [3.63, 3.8) is 0 Å². The van der Waals surface area contributed by atoms with E-state index in [9.17, 15) is 4.79 Å². The molecule has 4 heteroatoms. The topological polar surface area (TPSA) is 38.8 Å². The summed E-state index contributed by atoms with van der Waals surface area (Å²) in [6.45, 7) is 0. The lowest BCUT2D eigenvalue weighted by Crippen LogP contribution is -2.46. The van der Waals surface area contributed by atoms with Crippen LogP contribution in [-0.4, -0.2) is 19.0 Å². The van der Waals surface area contributed by atoms with E-state index in [1.165, 1.54) is 0 Å². The SMILES string of the molecule is CO[C@@]12O[C@@H](C(=O)c3ccccc31)[C@@H](c1ccccc1)N2c1ccccc1. The first-order chi connectivity index (χ1) is 13.3. The van der Waals surface area contributed by atoms with Crippen molar-refractivity contribution in [3.05, 3.63) is 102 Å². The van der Waals surface area contributed by atoms with Crippen molar-refractivity contribution in [2.45, 2.75) is 18.1 Å². The Kier molecular flexibility index (Phi) is 3.64. The van der Waals surface area contributed by atoms with E-state index >= 15 is 0 Å². The van der Waals surface area contributed by atoms with Crippen LogP contribution in [-0.2, 0) is 15.4 Å². The van der Waals surface area contributed by atoms with Crippen LogP contribution in [0, 0.1) is 0 Å². The molecule has 0 aliphatic carbocycles. The zero-order chi connectivity index (χ0) is 18.4. The Morgan fingerprint density at radius 3 is 2.22 bits per heavy atom. The molecule has 3 aromatic carbocycles. The number of methoxy groups -OCH3 is 1. The molecule has 0 saturated carbocycles. The largest absolute Gasteiger partial charge is 0.332 e. The van der Waals surface area contributed by atoms with Gasteiger partial charge in [0.05, 0.1) is 6.04 Å². The molecule has 27 heavy (non-hydrogen) atoms. The van der Waals surface area contributed by atoms with Crippen LogP contribution in [0.25, 0.3) is 0 Å². The number of hydrogen-bond donors (Lipinski definition) is 0. The van der Waals surface area contributed by atoms with Crippen LogP contribution in [0.2, 0.25) is 0 Å². The van der Waals surface area contributed by atoms with Crippen LogP contribution in [0.4, 0.5) is 5.69 Å². The number of carbonyl (C=O) groups excluding carboxylic acids is 1. The van der Waals surface area contributed by atoms with Crippen LogP contribution in [0.15, 0.2) is 84.9 Å². The van der Waals surface area contributed by atoms with Crippen LogP contribution >= 0.6 is 0 Å². The zero-order valence-electron chi connectivity index (χ0n) is 14.9. The second-order valence-electron chi connectivity index (χ2n) is 6.80. The fraction of sp³-hybridized carbons (Fsp3) is 0.174. The molecular weight excluding hydrogens is 338 g/mol. The molecule has 2 aliphatic rings. The summed E-state index contributed by atoms with van der Waals surface area (Å²) >= 11 is 0. The summed E-state index contributed by atoms with van der Waals surface area (Å²) < 4.78 is 12.4. The van der Waals surface area contributed by atoms with Crippen molar-refractivity contribution in [1.29, 1.82) is 0 Å². The van der Waals surface area contributed by atoms with Crippen LogP contribution in [0.5, 0.6) is 0 Å². The van der Waals surface area contributed by atoms with E-state index in [1.54, 1.807) is 7.11 Å². The number of carbonyl (C=O) groups is 1. The maximum Gasteiger partial charge on any atom is 0.282 e. The van der Waals surface area contributed by atoms with Crippen LogP contribution < -0.4 is 4.90 Å². The number of rotatable bonds is 3. The second-order valence-corrected chi connectivity index (χ2v) is 6.80. The molecule has 1 saturated heterocycles. The monoisotopic (exact) mass is 357 g/mol. The molecule has 134 valence electrons. The highest BCUT2D eigenvalue weighted by atomic mass is 16.7. The molecule has 5 rings (SSSR count). The number of para-hydroxylation sites is 1. The van der Waals surface area contributed by atoms with Gasteiger partial charge in [-0.15, -0.1) is 0 Å². The Labute approximate surface area is 158 Å². The third-order valence-corrected chi connectivity index (χ3v) is 5.41. The van der Waals surface area contributed by atoms with Gasteiger partial charge in [-0.2, -0.15) is 0 Å². The summed E-state index contributed by atoms with van der Waals surface area (Å²) in [6.07, 6.45) is -0.637. The molecule has 4 nitrogen and oxygen atoms in total. The number of anilines is 1. The molecule has 0 N–H and O–H groups in total. The van der Waals surface area contributed by atoms with E-state index in [-0.39, 0.29) is 11.8 Å². The van der Waals surface area contributed by atoms with Gasteiger partial charge in [0.25, 0.3) is 5.91 Å². The van der Waals surface area contributed by atoms with Gasteiger partial charge in [0.15, 0.2) is 11.9 Å². The molecule has 2 aliphatic heterocycles. The van der Waals surface area contributed by atoms with Gasteiger partial charge in [0.2, 0.25) is 0 Å². The van der Waals surface area contributed by atoms with Gasteiger partial charge < -0.3 is 14.4 Å². The third-order valence-electron chi connectivity index (χ3n) is 5.41. The molecular formula is C23H19NO3. The first-order valence-corrected chi connectivity index (χ1v) is 9.02. The van der Waals surface area contributed by atoms with Crippen LogP contribution in [0.1, 0.15) is 27.5 Å². The summed E-state index contributed by atoms with van der Waals surface area (Å²) in [7, 11) is 1.63. The third kappa shape index (κ3) is 2.21. The standard InChI is InChI=1S/C23H19NO3/c1-26-23-19-15-9-8-14-18(19)21(25)22(27-23)20(16-10-4-2-5-11-16)24(23)17-12-6-3-7-13-17/h2-15,20,22H,1H3/t20-,22-,23-/m1/s1. The number of Topliss-reactive ketones (excluding diaryl/α,β-unsaturated/α-hetero) is 1. The molecule has 3 atom stereocenters. The van der Waals surface area contributed by atoms with E-state index in [1.807, 2.05) is 84.9 Å². The highest BCUT2D eigenvalue weighted by Crippen LogP contribution is 2.54. The van der Waals surface area contributed by atoms with Gasteiger partial charge in [0, 0.05) is 23.9 Å². The molecule has 2 heterocycles. The van der Waals surface area contributed by atoms with E-state index in [2.05, 4.69) is 4.90 Å². The number of nitrogens with zero attached hydrogens (tertiary/aromatic N) is 1. The first kappa shape index (κ1) is 16.2. The highest BCUT2D eigenvalue weighted by molar-refractivity contribution is 6.04. The average molecular weight is 357 g/mol. The van der Waals surface area contributed by atoms with Crippen molar-refractivity contribution in [2.24, 2.45) is 0 Å². The molecule has 0 amide bonds. The maximum atomic E-state index is 13.3. The minimum atomic E-state index is -1.14.